The predicted molar refractivity (Wildman–Crippen MR) is 79.7 cm³/mol. The molecular weight excluding hydrogens is 268 g/mol. The topological polar surface area (TPSA) is 55.8 Å². The SMILES string of the molecule is CCCC1CC(=O)Oc2cc(O)c3c(c21)OC(C)(C)C=C3. The number of hydrogen-bond donors (Lipinski definition) is 1. The van der Waals surface area contributed by atoms with Crippen molar-refractivity contribution in [2.24, 2.45) is 0 Å². The van der Waals surface area contributed by atoms with Gasteiger partial charge in [0.15, 0.2) is 0 Å². The molecule has 4 heteroatoms. The van der Waals surface area contributed by atoms with Gasteiger partial charge in [-0.05, 0) is 32.4 Å². The van der Waals surface area contributed by atoms with Crippen LogP contribution in [0, 0.1) is 0 Å². The lowest BCUT2D eigenvalue weighted by atomic mass is 9.85. The summed E-state index contributed by atoms with van der Waals surface area (Å²) in [7, 11) is 0. The highest BCUT2D eigenvalue weighted by atomic mass is 16.5. The maximum Gasteiger partial charge on any atom is 0.311 e. The summed E-state index contributed by atoms with van der Waals surface area (Å²) in [4.78, 5) is 11.8. The summed E-state index contributed by atoms with van der Waals surface area (Å²) in [6, 6.07) is 1.53. The second-order valence-corrected chi connectivity index (χ2v) is 6.25. The van der Waals surface area contributed by atoms with E-state index in [1.165, 1.54) is 6.07 Å². The highest BCUT2D eigenvalue weighted by Gasteiger charge is 2.35. The zero-order valence-corrected chi connectivity index (χ0v) is 12.6. The van der Waals surface area contributed by atoms with E-state index in [0.717, 1.165) is 18.4 Å². The zero-order chi connectivity index (χ0) is 15.2. The van der Waals surface area contributed by atoms with Gasteiger partial charge in [0.2, 0.25) is 0 Å². The number of rotatable bonds is 2. The summed E-state index contributed by atoms with van der Waals surface area (Å²) < 4.78 is 11.4. The smallest absolute Gasteiger partial charge is 0.311 e. The second kappa shape index (κ2) is 4.79. The Morgan fingerprint density at radius 2 is 2.19 bits per heavy atom. The average Bonchev–Trinajstić information content (AvgIpc) is 2.36. The van der Waals surface area contributed by atoms with E-state index in [4.69, 9.17) is 9.47 Å². The minimum atomic E-state index is -0.438. The van der Waals surface area contributed by atoms with Crippen molar-refractivity contribution in [1.29, 1.82) is 0 Å². The molecule has 1 aromatic carbocycles. The van der Waals surface area contributed by atoms with E-state index < -0.39 is 5.60 Å². The van der Waals surface area contributed by atoms with Crippen molar-refractivity contribution >= 4 is 12.0 Å². The van der Waals surface area contributed by atoms with Crippen molar-refractivity contribution in [3.8, 4) is 17.2 Å². The molecular formula is C17H20O4. The Balaban J connectivity index is 2.19. The van der Waals surface area contributed by atoms with E-state index in [-0.39, 0.29) is 17.6 Å². The number of hydrogen-bond acceptors (Lipinski definition) is 4. The van der Waals surface area contributed by atoms with Gasteiger partial charge in [-0.3, -0.25) is 4.79 Å². The standard InChI is InChI=1S/C17H20O4/c1-4-5-10-8-14(19)20-13-9-12(18)11-6-7-17(2,3)21-16(11)15(10)13/h6-7,9-10,18H,4-5,8H2,1-3H3. The number of ether oxygens (including phenoxy) is 2. The molecule has 0 saturated heterocycles. The van der Waals surface area contributed by atoms with Crippen molar-refractivity contribution in [2.75, 3.05) is 0 Å². The minimum Gasteiger partial charge on any atom is -0.507 e. The lowest BCUT2D eigenvalue weighted by molar-refractivity contribution is -0.136. The maximum absolute atomic E-state index is 11.8. The molecule has 1 N–H and O–H groups in total. The van der Waals surface area contributed by atoms with E-state index in [0.29, 0.717) is 23.5 Å². The number of esters is 1. The van der Waals surface area contributed by atoms with Crippen LogP contribution in [0.25, 0.3) is 6.08 Å². The number of phenols is 1. The fourth-order valence-electron chi connectivity index (χ4n) is 3.04. The Morgan fingerprint density at radius 3 is 2.90 bits per heavy atom. The third-order valence-corrected chi connectivity index (χ3v) is 4.00. The molecule has 21 heavy (non-hydrogen) atoms. The van der Waals surface area contributed by atoms with Gasteiger partial charge in [-0.25, -0.2) is 0 Å². The molecule has 0 saturated carbocycles. The van der Waals surface area contributed by atoms with Crippen LogP contribution in [0.15, 0.2) is 12.1 Å². The van der Waals surface area contributed by atoms with Crippen molar-refractivity contribution < 1.29 is 19.4 Å². The molecule has 0 radical (unpaired) electrons. The third kappa shape index (κ3) is 2.39. The van der Waals surface area contributed by atoms with Crippen LogP contribution < -0.4 is 9.47 Å². The number of aromatic hydroxyl groups is 1. The second-order valence-electron chi connectivity index (χ2n) is 6.25. The molecule has 0 fully saturated rings. The Morgan fingerprint density at radius 1 is 1.43 bits per heavy atom. The van der Waals surface area contributed by atoms with Crippen LogP contribution in [0.1, 0.15) is 57.1 Å². The summed E-state index contributed by atoms with van der Waals surface area (Å²) in [5, 5.41) is 10.2. The molecule has 1 aromatic rings. The maximum atomic E-state index is 11.8. The quantitative estimate of drug-likeness (QED) is 0.665. The van der Waals surface area contributed by atoms with Crippen LogP contribution >= 0.6 is 0 Å². The summed E-state index contributed by atoms with van der Waals surface area (Å²) in [5.41, 5.74) is 1.15. The lowest BCUT2D eigenvalue weighted by Gasteiger charge is -2.34. The third-order valence-electron chi connectivity index (χ3n) is 4.00. The fraction of sp³-hybridized carbons (Fsp3) is 0.471. The number of carbonyl (C=O) groups excluding carboxylic acids is 1. The summed E-state index contributed by atoms with van der Waals surface area (Å²) >= 11 is 0. The van der Waals surface area contributed by atoms with Crippen LogP contribution in [-0.4, -0.2) is 16.7 Å². The van der Waals surface area contributed by atoms with Gasteiger partial charge < -0.3 is 14.6 Å². The van der Waals surface area contributed by atoms with E-state index in [1.807, 2.05) is 26.0 Å². The first-order valence-corrected chi connectivity index (χ1v) is 7.40. The van der Waals surface area contributed by atoms with Crippen molar-refractivity contribution in [2.45, 2.75) is 51.6 Å². The van der Waals surface area contributed by atoms with Crippen molar-refractivity contribution in [1.82, 2.24) is 0 Å². The van der Waals surface area contributed by atoms with Crippen LogP contribution in [0.5, 0.6) is 17.2 Å². The van der Waals surface area contributed by atoms with E-state index >= 15 is 0 Å². The van der Waals surface area contributed by atoms with Gasteiger partial charge >= 0.3 is 5.97 Å². The molecule has 4 nitrogen and oxygen atoms in total. The Bertz CT molecular complexity index is 628. The average molecular weight is 288 g/mol. The van der Waals surface area contributed by atoms with E-state index in [1.54, 1.807) is 0 Å². The summed E-state index contributed by atoms with van der Waals surface area (Å²) in [6.45, 7) is 6.02. The van der Waals surface area contributed by atoms with Gasteiger partial charge in [-0.15, -0.1) is 0 Å². The molecule has 2 heterocycles. The summed E-state index contributed by atoms with van der Waals surface area (Å²) in [6.07, 6.45) is 6.05. The molecule has 1 unspecified atom stereocenters. The molecule has 3 rings (SSSR count). The number of benzene rings is 1. The molecule has 0 aliphatic carbocycles. The number of phenolic OH excluding ortho intramolecular Hbond substituents is 1. The lowest BCUT2D eigenvalue weighted by Crippen LogP contribution is -2.30. The predicted octanol–water partition coefficient (Wildman–Crippen LogP) is 3.77. The molecule has 112 valence electrons. The zero-order valence-electron chi connectivity index (χ0n) is 12.6. The monoisotopic (exact) mass is 288 g/mol. The van der Waals surface area contributed by atoms with Gasteiger partial charge in [-0.1, -0.05) is 13.3 Å². The first kappa shape index (κ1) is 14.0. The minimum absolute atomic E-state index is 0.0837. The van der Waals surface area contributed by atoms with Gasteiger partial charge in [0.05, 0.1) is 12.0 Å². The van der Waals surface area contributed by atoms with Crippen LogP contribution in [0.3, 0.4) is 0 Å². The normalized spacial score (nSPS) is 22.0. The fourth-order valence-corrected chi connectivity index (χ4v) is 3.04. The molecule has 0 spiro atoms. The molecule has 1 atom stereocenters. The first-order valence-electron chi connectivity index (χ1n) is 7.40. The van der Waals surface area contributed by atoms with Crippen LogP contribution in [0.2, 0.25) is 0 Å². The molecule has 0 amide bonds. The highest BCUT2D eigenvalue weighted by Crippen LogP contribution is 2.50. The Labute approximate surface area is 124 Å². The van der Waals surface area contributed by atoms with E-state index in [2.05, 4.69) is 6.92 Å². The number of fused-ring (bicyclic) bond motifs is 3. The Hall–Kier alpha value is -1.97. The summed E-state index contributed by atoms with van der Waals surface area (Å²) in [5.74, 6) is 1.02. The van der Waals surface area contributed by atoms with Crippen LogP contribution in [0.4, 0.5) is 0 Å². The van der Waals surface area contributed by atoms with Crippen molar-refractivity contribution in [3.05, 3.63) is 23.3 Å². The van der Waals surface area contributed by atoms with Crippen molar-refractivity contribution in [3.63, 3.8) is 0 Å². The van der Waals surface area contributed by atoms with Gasteiger partial charge in [0, 0.05) is 17.5 Å². The molecule has 0 bridgehead atoms. The molecule has 2 aliphatic heterocycles. The molecule has 0 aromatic heterocycles. The number of carbonyl (C=O) groups is 1. The van der Waals surface area contributed by atoms with E-state index in [9.17, 15) is 9.90 Å². The van der Waals surface area contributed by atoms with Gasteiger partial charge in [-0.2, -0.15) is 0 Å². The highest BCUT2D eigenvalue weighted by molar-refractivity contribution is 5.81. The van der Waals surface area contributed by atoms with Gasteiger partial charge in [0.25, 0.3) is 0 Å². The molecule has 2 aliphatic rings. The Kier molecular flexibility index (Phi) is 3.19. The van der Waals surface area contributed by atoms with Crippen LogP contribution in [-0.2, 0) is 4.79 Å². The largest absolute Gasteiger partial charge is 0.507 e. The first-order chi connectivity index (χ1) is 9.91. The van der Waals surface area contributed by atoms with Gasteiger partial charge in [0.1, 0.15) is 22.8 Å².